The Balaban J connectivity index is 1.21. The Morgan fingerprint density at radius 1 is 0.871 bits per heavy atom. The molecule has 3 atom stereocenters. The van der Waals surface area contributed by atoms with E-state index in [1.807, 2.05) is 0 Å². The first kappa shape index (κ1) is 19.3. The van der Waals surface area contributed by atoms with Gasteiger partial charge in [0.1, 0.15) is 0 Å². The Bertz CT molecular complexity index is 1070. The fraction of sp³-hybridized carbons (Fsp3) is 0.379. The van der Waals surface area contributed by atoms with E-state index in [1.54, 1.807) is 0 Å². The Morgan fingerprint density at radius 2 is 1.68 bits per heavy atom. The molecule has 1 heterocycles. The fourth-order valence-corrected chi connectivity index (χ4v) is 5.42. The minimum Gasteiger partial charge on any atom is -0.370 e. The second-order valence-electron chi connectivity index (χ2n) is 10.0. The van der Waals surface area contributed by atoms with Crippen molar-refractivity contribution < 1.29 is 9.47 Å². The molecular formula is C29H30O2. The van der Waals surface area contributed by atoms with Crippen LogP contribution in [0, 0.1) is 12.3 Å². The average Bonchev–Trinajstić information content (AvgIpc) is 3.71. The van der Waals surface area contributed by atoms with Crippen LogP contribution in [0.2, 0.25) is 0 Å². The highest BCUT2D eigenvalue weighted by atomic mass is 16.6. The highest BCUT2D eigenvalue weighted by molar-refractivity contribution is 5.64. The third kappa shape index (κ3) is 3.84. The lowest BCUT2D eigenvalue weighted by molar-refractivity contribution is -0.124. The molecule has 0 radical (unpaired) electrons. The van der Waals surface area contributed by atoms with E-state index in [0.717, 1.165) is 12.8 Å². The predicted molar refractivity (Wildman–Crippen MR) is 124 cm³/mol. The molecule has 158 valence electrons. The molecule has 2 heteroatoms. The van der Waals surface area contributed by atoms with Crippen LogP contribution in [0.4, 0.5) is 0 Å². The van der Waals surface area contributed by atoms with E-state index in [9.17, 15) is 0 Å². The third-order valence-corrected chi connectivity index (χ3v) is 7.52. The van der Waals surface area contributed by atoms with Gasteiger partial charge in [-0.25, -0.2) is 0 Å². The maximum Gasteiger partial charge on any atom is 0.0983 e. The molecule has 3 aromatic rings. The number of ether oxygens (including phenoxy) is 2. The van der Waals surface area contributed by atoms with Crippen LogP contribution in [-0.4, -0.2) is 11.7 Å². The van der Waals surface area contributed by atoms with Gasteiger partial charge in [-0.3, -0.25) is 0 Å². The maximum absolute atomic E-state index is 6.83. The molecule has 3 aromatic carbocycles. The molecule has 0 amide bonds. The van der Waals surface area contributed by atoms with Crippen molar-refractivity contribution in [1.29, 1.82) is 0 Å². The second kappa shape index (κ2) is 7.32. The zero-order valence-electron chi connectivity index (χ0n) is 18.2. The molecule has 3 fully saturated rings. The smallest absolute Gasteiger partial charge is 0.0983 e. The van der Waals surface area contributed by atoms with Gasteiger partial charge < -0.3 is 9.47 Å². The molecule has 0 bridgehead atoms. The van der Waals surface area contributed by atoms with Gasteiger partial charge in [-0.2, -0.15) is 0 Å². The predicted octanol–water partition coefficient (Wildman–Crippen LogP) is 7.02. The Morgan fingerprint density at radius 3 is 2.45 bits per heavy atom. The SMILES string of the molecule is Cc1ccc(-c2cccc([C@H]3CC4(CC4)C[C@]4(C[C@H]4OCc4ccccc4)O3)c2)cc1. The van der Waals surface area contributed by atoms with Crippen molar-refractivity contribution in [3.05, 3.63) is 95.6 Å². The first-order valence-corrected chi connectivity index (χ1v) is 11.6. The summed E-state index contributed by atoms with van der Waals surface area (Å²) in [6, 6.07) is 28.3. The van der Waals surface area contributed by atoms with E-state index >= 15 is 0 Å². The summed E-state index contributed by atoms with van der Waals surface area (Å²) >= 11 is 0. The molecule has 1 saturated heterocycles. The topological polar surface area (TPSA) is 18.5 Å². The summed E-state index contributed by atoms with van der Waals surface area (Å²) in [5.41, 5.74) is 6.80. The van der Waals surface area contributed by atoms with Crippen LogP contribution in [0.15, 0.2) is 78.9 Å². The number of hydrogen-bond donors (Lipinski definition) is 0. The van der Waals surface area contributed by atoms with E-state index in [-0.39, 0.29) is 17.8 Å². The van der Waals surface area contributed by atoms with Crippen LogP contribution in [0.5, 0.6) is 0 Å². The molecule has 2 saturated carbocycles. The minimum absolute atomic E-state index is 0.0753. The maximum atomic E-state index is 6.83. The van der Waals surface area contributed by atoms with Crippen LogP contribution in [0.3, 0.4) is 0 Å². The van der Waals surface area contributed by atoms with Crippen molar-refractivity contribution >= 4 is 0 Å². The van der Waals surface area contributed by atoms with Gasteiger partial charge in [0.15, 0.2) is 0 Å². The summed E-state index contributed by atoms with van der Waals surface area (Å²) in [6.07, 6.45) is 6.45. The largest absolute Gasteiger partial charge is 0.370 e. The minimum atomic E-state index is -0.0753. The Hall–Kier alpha value is -2.42. The summed E-state index contributed by atoms with van der Waals surface area (Å²) in [5.74, 6) is 0. The summed E-state index contributed by atoms with van der Waals surface area (Å²) in [5, 5.41) is 0. The summed E-state index contributed by atoms with van der Waals surface area (Å²) in [4.78, 5) is 0. The molecular weight excluding hydrogens is 380 g/mol. The van der Waals surface area contributed by atoms with E-state index in [4.69, 9.17) is 9.47 Å². The van der Waals surface area contributed by atoms with Crippen LogP contribution in [-0.2, 0) is 16.1 Å². The zero-order valence-corrected chi connectivity index (χ0v) is 18.2. The lowest BCUT2D eigenvalue weighted by Crippen LogP contribution is -2.34. The van der Waals surface area contributed by atoms with Gasteiger partial charge in [-0.05, 0) is 66.3 Å². The first-order valence-electron chi connectivity index (χ1n) is 11.6. The number of aryl methyl sites for hydroxylation is 1. The van der Waals surface area contributed by atoms with E-state index < -0.39 is 0 Å². The highest BCUT2D eigenvalue weighted by Crippen LogP contribution is 2.67. The van der Waals surface area contributed by atoms with Gasteiger partial charge in [0.2, 0.25) is 0 Å². The zero-order chi connectivity index (χ0) is 20.9. The van der Waals surface area contributed by atoms with Crippen molar-refractivity contribution in [2.24, 2.45) is 5.41 Å². The molecule has 2 spiro atoms. The molecule has 2 nitrogen and oxygen atoms in total. The number of benzene rings is 3. The van der Waals surface area contributed by atoms with E-state index in [2.05, 4.69) is 85.8 Å². The molecule has 2 aliphatic carbocycles. The molecule has 0 unspecified atom stereocenters. The van der Waals surface area contributed by atoms with Crippen LogP contribution in [0.25, 0.3) is 11.1 Å². The van der Waals surface area contributed by atoms with Crippen molar-refractivity contribution in [3.8, 4) is 11.1 Å². The van der Waals surface area contributed by atoms with E-state index in [1.165, 1.54) is 47.1 Å². The fourth-order valence-electron chi connectivity index (χ4n) is 5.42. The quantitative estimate of drug-likeness (QED) is 0.450. The molecule has 1 aliphatic heterocycles. The Labute approximate surface area is 185 Å². The van der Waals surface area contributed by atoms with Crippen molar-refractivity contribution in [2.75, 3.05) is 0 Å². The van der Waals surface area contributed by atoms with Gasteiger partial charge in [0, 0.05) is 6.42 Å². The molecule has 0 N–H and O–H groups in total. The van der Waals surface area contributed by atoms with Gasteiger partial charge in [-0.15, -0.1) is 0 Å². The number of hydrogen-bond acceptors (Lipinski definition) is 2. The summed E-state index contributed by atoms with van der Waals surface area (Å²) in [7, 11) is 0. The molecule has 3 aliphatic rings. The summed E-state index contributed by atoms with van der Waals surface area (Å²) < 4.78 is 13.1. The van der Waals surface area contributed by atoms with Crippen molar-refractivity contribution in [2.45, 2.75) is 63.4 Å². The average molecular weight is 411 g/mol. The summed E-state index contributed by atoms with van der Waals surface area (Å²) in [6.45, 7) is 2.81. The normalized spacial score (nSPS) is 28.0. The Kier molecular flexibility index (Phi) is 4.55. The molecule has 31 heavy (non-hydrogen) atoms. The van der Waals surface area contributed by atoms with Crippen LogP contribution in [0.1, 0.15) is 54.9 Å². The van der Waals surface area contributed by atoms with Gasteiger partial charge in [-0.1, -0.05) is 78.4 Å². The van der Waals surface area contributed by atoms with Crippen LogP contribution >= 0.6 is 0 Å². The second-order valence-corrected chi connectivity index (χ2v) is 10.0. The highest BCUT2D eigenvalue weighted by Gasteiger charge is 2.66. The lowest BCUT2D eigenvalue weighted by Gasteiger charge is -2.37. The lowest BCUT2D eigenvalue weighted by atomic mass is 9.84. The first-order chi connectivity index (χ1) is 15.1. The third-order valence-electron chi connectivity index (χ3n) is 7.52. The number of rotatable bonds is 5. The van der Waals surface area contributed by atoms with Gasteiger partial charge >= 0.3 is 0 Å². The molecule has 6 rings (SSSR count). The van der Waals surface area contributed by atoms with Crippen molar-refractivity contribution in [1.82, 2.24) is 0 Å². The molecule has 0 aromatic heterocycles. The standard InChI is InChI=1S/C29H30O2/c1-21-10-12-23(13-11-21)24-8-5-9-25(16-24)26-17-28(14-15-28)20-29(31-26)18-27(29)30-19-22-6-3-2-4-7-22/h2-13,16,26-27H,14-15,17-20H2,1H3/t26-,27-,29+/m1/s1. The van der Waals surface area contributed by atoms with Crippen molar-refractivity contribution in [3.63, 3.8) is 0 Å². The van der Waals surface area contributed by atoms with E-state index in [0.29, 0.717) is 12.0 Å². The monoisotopic (exact) mass is 410 g/mol. The van der Waals surface area contributed by atoms with Crippen LogP contribution < -0.4 is 0 Å². The van der Waals surface area contributed by atoms with Gasteiger partial charge in [0.25, 0.3) is 0 Å². The van der Waals surface area contributed by atoms with Gasteiger partial charge in [0.05, 0.1) is 24.4 Å².